The smallest absolute Gasteiger partial charge is 0.134 e. The summed E-state index contributed by atoms with van der Waals surface area (Å²) in [6.07, 6.45) is 1.85. The normalized spacial score (nSPS) is 24.3. The number of nitrogen functional groups attached to an aromatic ring is 1. The molecule has 5 nitrogen and oxygen atoms in total. The van der Waals surface area contributed by atoms with Crippen molar-refractivity contribution in [3.05, 3.63) is 11.9 Å². The van der Waals surface area contributed by atoms with Gasteiger partial charge in [-0.15, -0.1) is 0 Å². The number of aliphatic hydroxyl groups is 1. The zero-order chi connectivity index (χ0) is 12.4. The Morgan fingerprint density at radius 2 is 2.29 bits per heavy atom. The highest BCUT2D eigenvalue weighted by molar-refractivity contribution is 5.48. The molecule has 2 atom stereocenters. The average Bonchev–Trinajstić information content (AvgIpc) is 2.69. The Morgan fingerprint density at radius 3 is 2.94 bits per heavy atom. The predicted molar refractivity (Wildman–Crippen MR) is 67.8 cm³/mol. The van der Waals surface area contributed by atoms with Gasteiger partial charge in [0.15, 0.2) is 0 Å². The van der Waals surface area contributed by atoms with Gasteiger partial charge in [-0.2, -0.15) is 0 Å². The molecule has 94 valence electrons. The maximum absolute atomic E-state index is 9.45. The molecule has 1 aromatic heterocycles. The molecule has 1 fully saturated rings. The zero-order valence-corrected chi connectivity index (χ0v) is 10.4. The minimum Gasteiger partial charge on any atom is -0.394 e. The van der Waals surface area contributed by atoms with Crippen LogP contribution in [0.3, 0.4) is 0 Å². The lowest BCUT2D eigenvalue weighted by Gasteiger charge is -2.26. The van der Waals surface area contributed by atoms with Crippen molar-refractivity contribution in [3.63, 3.8) is 0 Å². The van der Waals surface area contributed by atoms with E-state index in [9.17, 15) is 5.11 Å². The number of nitrogens with zero attached hydrogens (tertiary/aromatic N) is 3. The molecular formula is C12H20N4O. The van der Waals surface area contributed by atoms with Gasteiger partial charge >= 0.3 is 0 Å². The molecular weight excluding hydrogens is 216 g/mol. The molecule has 0 bridgehead atoms. The number of aromatic nitrogens is 2. The second-order valence-corrected chi connectivity index (χ2v) is 4.63. The van der Waals surface area contributed by atoms with Crippen LogP contribution in [0.15, 0.2) is 6.07 Å². The number of hydrogen-bond donors (Lipinski definition) is 2. The van der Waals surface area contributed by atoms with Crippen LogP contribution < -0.4 is 10.6 Å². The molecule has 3 N–H and O–H groups in total. The predicted octanol–water partition coefficient (Wildman–Crippen LogP) is 0.828. The van der Waals surface area contributed by atoms with Gasteiger partial charge < -0.3 is 15.7 Å². The van der Waals surface area contributed by atoms with Gasteiger partial charge in [0.2, 0.25) is 0 Å². The highest BCUT2D eigenvalue weighted by atomic mass is 16.3. The largest absolute Gasteiger partial charge is 0.394 e. The Labute approximate surface area is 102 Å². The molecule has 0 aliphatic carbocycles. The third-order valence-corrected chi connectivity index (χ3v) is 3.46. The Kier molecular flexibility index (Phi) is 3.47. The van der Waals surface area contributed by atoms with Crippen LogP contribution in [0.25, 0.3) is 0 Å². The van der Waals surface area contributed by atoms with E-state index in [2.05, 4.69) is 21.8 Å². The number of anilines is 2. The van der Waals surface area contributed by atoms with Crippen LogP contribution in [0.2, 0.25) is 0 Å². The van der Waals surface area contributed by atoms with Gasteiger partial charge in [0.05, 0.1) is 12.6 Å². The molecule has 0 saturated carbocycles. The van der Waals surface area contributed by atoms with Crippen LogP contribution in [0.4, 0.5) is 11.6 Å². The maximum Gasteiger partial charge on any atom is 0.134 e. The lowest BCUT2D eigenvalue weighted by Crippen LogP contribution is -2.36. The summed E-state index contributed by atoms with van der Waals surface area (Å²) in [6, 6.07) is 1.94. The first-order valence-electron chi connectivity index (χ1n) is 6.16. The molecule has 0 aromatic carbocycles. The topological polar surface area (TPSA) is 75.3 Å². The van der Waals surface area contributed by atoms with Crippen molar-refractivity contribution in [2.75, 3.05) is 23.8 Å². The van der Waals surface area contributed by atoms with Crippen molar-refractivity contribution in [2.24, 2.45) is 5.92 Å². The molecule has 2 heterocycles. The van der Waals surface area contributed by atoms with Gasteiger partial charge in [-0.05, 0) is 12.3 Å². The van der Waals surface area contributed by atoms with Gasteiger partial charge in [0.1, 0.15) is 17.5 Å². The van der Waals surface area contributed by atoms with E-state index in [1.165, 1.54) is 0 Å². The minimum atomic E-state index is 0.147. The van der Waals surface area contributed by atoms with Gasteiger partial charge in [0.25, 0.3) is 0 Å². The first-order valence-corrected chi connectivity index (χ1v) is 6.16. The molecule has 1 aliphatic rings. The average molecular weight is 236 g/mol. The molecule has 1 aliphatic heterocycles. The van der Waals surface area contributed by atoms with Crippen molar-refractivity contribution in [1.82, 2.24) is 9.97 Å². The molecule has 0 spiro atoms. The summed E-state index contributed by atoms with van der Waals surface area (Å²) in [5.74, 6) is 2.60. The van der Waals surface area contributed by atoms with Crippen LogP contribution in [0, 0.1) is 5.92 Å². The minimum absolute atomic E-state index is 0.147. The summed E-state index contributed by atoms with van der Waals surface area (Å²) in [4.78, 5) is 10.8. The van der Waals surface area contributed by atoms with E-state index in [4.69, 9.17) is 5.73 Å². The Balaban J connectivity index is 2.30. The van der Waals surface area contributed by atoms with Gasteiger partial charge in [0, 0.05) is 19.0 Å². The number of aryl methyl sites for hydroxylation is 1. The van der Waals surface area contributed by atoms with Crippen molar-refractivity contribution in [3.8, 4) is 0 Å². The number of hydrogen-bond acceptors (Lipinski definition) is 5. The van der Waals surface area contributed by atoms with Crippen LogP contribution in [0.1, 0.15) is 26.1 Å². The number of rotatable bonds is 3. The monoisotopic (exact) mass is 236 g/mol. The molecule has 2 unspecified atom stereocenters. The van der Waals surface area contributed by atoms with Gasteiger partial charge in [-0.3, -0.25) is 0 Å². The SMILES string of the molecule is CCc1nc(N)cc(N2CCC(C)C2CO)n1. The highest BCUT2D eigenvalue weighted by Gasteiger charge is 2.31. The fraction of sp³-hybridized carbons (Fsp3) is 0.667. The third kappa shape index (κ3) is 2.34. The standard InChI is InChI=1S/C12H20N4O/c1-3-11-14-10(13)6-12(15-11)16-5-4-8(2)9(16)7-17/h6,8-9,17H,3-5,7H2,1-2H3,(H2,13,14,15). The summed E-state index contributed by atoms with van der Waals surface area (Å²) in [7, 11) is 0. The molecule has 1 aromatic rings. The first-order chi connectivity index (χ1) is 8.15. The second-order valence-electron chi connectivity index (χ2n) is 4.63. The maximum atomic E-state index is 9.45. The first kappa shape index (κ1) is 12.1. The Bertz CT molecular complexity index is 396. The van der Waals surface area contributed by atoms with Crippen LogP contribution in [0.5, 0.6) is 0 Å². The van der Waals surface area contributed by atoms with Crippen LogP contribution in [-0.2, 0) is 6.42 Å². The molecule has 2 rings (SSSR count). The zero-order valence-electron chi connectivity index (χ0n) is 10.4. The van der Waals surface area contributed by atoms with Crippen LogP contribution >= 0.6 is 0 Å². The molecule has 0 amide bonds. The van der Waals surface area contributed by atoms with E-state index in [-0.39, 0.29) is 12.6 Å². The van der Waals surface area contributed by atoms with E-state index < -0.39 is 0 Å². The summed E-state index contributed by atoms with van der Waals surface area (Å²) in [6.45, 7) is 5.25. The molecule has 5 heteroatoms. The van der Waals surface area contributed by atoms with Gasteiger partial charge in [-0.1, -0.05) is 13.8 Å². The van der Waals surface area contributed by atoms with E-state index in [1.807, 2.05) is 6.92 Å². The summed E-state index contributed by atoms with van der Waals surface area (Å²) < 4.78 is 0. The lowest BCUT2D eigenvalue weighted by molar-refractivity contribution is 0.244. The van der Waals surface area contributed by atoms with E-state index in [0.29, 0.717) is 11.7 Å². The summed E-state index contributed by atoms with van der Waals surface area (Å²) >= 11 is 0. The van der Waals surface area contributed by atoms with E-state index in [0.717, 1.165) is 31.0 Å². The Hall–Kier alpha value is -1.36. The molecule has 17 heavy (non-hydrogen) atoms. The highest BCUT2D eigenvalue weighted by Crippen LogP contribution is 2.28. The molecule has 1 saturated heterocycles. The van der Waals surface area contributed by atoms with Crippen molar-refractivity contribution < 1.29 is 5.11 Å². The van der Waals surface area contributed by atoms with Crippen molar-refractivity contribution in [2.45, 2.75) is 32.7 Å². The lowest BCUT2D eigenvalue weighted by atomic mass is 10.0. The second kappa shape index (κ2) is 4.87. The fourth-order valence-electron chi connectivity index (χ4n) is 2.38. The Morgan fingerprint density at radius 1 is 1.53 bits per heavy atom. The van der Waals surface area contributed by atoms with E-state index in [1.54, 1.807) is 6.07 Å². The van der Waals surface area contributed by atoms with Gasteiger partial charge in [-0.25, -0.2) is 9.97 Å². The number of nitrogens with two attached hydrogens (primary N) is 1. The number of aliphatic hydroxyl groups excluding tert-OH is 1. The van der Waals surface area contributed by atoms with Crippen molar-refractivity contribution >= 4 is 11.6 Å². The molecule has 0 radical (unpaired) electrons. The summed E-state index contributed by atoms with van der Waals surface area (Å²) in [5.41, 5.74) is 5.78. The fourth-order valence-corrected chi connectivity index (χ4v) is 2.38. The van der Waals surface area contributed by atoms with Crippen molar-refractivity contribution in [1.29, 1.82) is 0 Å². The van der Waals surface area contributed by atoms with Crippen LogP contribution in [-0.4, -0.2) is 34.3 Å². The quantitative estimate of drug-likeness (QED) is 0.813. The summed E-state index contributed by atoms with van der Waals surface area (Å²) in [5, 5.41) is 9.45. The third-order valence-electron chi connectivity index (χ3n) is 3.46. The van der Waals surface area contributed by atoms with E-state index >= 15 is 0 Å².